The maximum atomic E-state index is 11.4. The minimum atomic E-state index is -1.04. The number of hydrogen-bond acceptors (Lipinski definition) is 5. The molecule has 0 unspecified atom stereocenters. The quantitative estimate of drug-likeness (QED) is 0.812. The third kappa shape index (κ3) is 2.63. The Morgan fingerprint density at radius 3 is 2.47 bits per heavy atom. The average Bonchev–Trinajstić information content (AvgIpc) is 2.99. The number of rotatable bonds is 2. The summed E-state index contributed by atoms with van der Waals surface area (Å²) in [6.45, 7) is 4.00. The molecule has 1 fully saturated rings. The second kappa shape index (κ2) is 5.77. The number of aliphatic hydroxyl groups is 1. The van der Waals surface area contributed by atoms with Gasteiger partial charge in [-0.15, -0.1) is 0 Å². The molecule has 0 bridgehead atoms. The Morgan fingerprint density at radius 1 is 1.35 bits per heavy atom. The Kier molecular flexibility index (Phi) is 4.62. The van der Waals surface area contributed by atoms with Gasteiger partial charge in [-0.05, 0) is 18.0 Å². The van der Waals surface area contributed by atoms with Crippen molar-refractivity contribution in [2.75, 3.05) is 7.05 Å². The van der Waals surface area contributed by atoms with Crippen LogP contribution in [0, 0.1) is 0 Å². The van der Waals surface area contributed by atoms with Gasteiger partial charge >= 0.3 is 0 Å². The third-order valence-corrected chi connectivity index (χ3v) is 2.80. The number of hydrogen-bond donors (Lipinski definition) is 2. The van der Waals surface area contributed by atoms with E-state index in [0.717, 1.165) is 12.8 Å². The number of carbonyl (C=O) groups excluding carboxylic acids is 1. The van der Waals surface area contributed by atoms with Crippen LogP contribution in [0.3, 0.4) is 0 Å². The van der Waals surface area contributed by atoms with Crippen LogP contribution in [0.4, 0.5) is 0 Å². The van der Waals surface area contributed by atoms with Crippen LogP contribution in [-0.2, 0) is 5.60 Å². The SMILES string of the molecule is CC.CNC(=O)c1nonc1C1(O)CCCC1. The molecular weight excluding hydrogens is 222 g/mol. The number of amides is 1. The second-order valence-electron chi connectivity index (χ2n) is 3.78. The molecule has 0 saturated heterocycles. The van der Waals surface area contributed by atoms with Crippen molar-refractivity contribution in [1.82, 2.24) is 15.6 Å². The zero-order chi connectivity index (χ0) is 12.9. The largest absolute Gasteiger partial charge is 0.383 e. The zero-order valence-electron chi connectivity index (χ0n) is 10.5. The van der Waals surface area contributed by atoms with Gasteiger partial charge in [-0.1, -0.05) is 31.8 Å². The Morgan fingerprint density at radius 2 is 1.94 bits per heavy atom. The summed E-state index contributed by atoms with van der Waals surface area (Å²) < 4.78 is 4.53. The molecule has 6 heteroatoms. The van der Waals surface area contributed by atoms with Gasteiger partial charge in [0.25, 0.3) is 5.91 Å². The number of aromatic nitrogens is 2. The van der Waals surface area contributed by atoms with Crippen LogP contribution in [0.5, 0.6) is 0 Å². The molecule has 0 aliphatic heterocycles. The highest BCUT2D eigenvalue weighted by molar-refractivity contribution is 5.93. The zero-order valence-corrected chi connectivity index (χ0v) is 10.5. The monoisotopic (exact) mass is 241 g/mol. The Hall–Kier alpha value is -1.43. The lowest BCUT2D eigenvalue weighted by Gasteiger charge is -2.18. The van der Waals surface area contributed by atoms with E-state index in [4.69, 9.17) is 0 Å². The Labute approximate surface area is 100 Å². The van der Waals surface area contributed by atoms with Crippen molar-refractivity contribution < 1.29 is 14.5 Å². The van der Waals surface area contributed by atoms with Crippen LogP contribution in [0.25, 0.3) is 0 Å². The van der Waals surface area contributed by atoms with E-state index in [1.807, 2.05) is 13.8 Å². The third-order valence-electron chi connectivity index (χ3n) is 2.80. The highest BCUT2D eigenvalue weighted by atomic mass is 16.6. The van der Waals surface area contributed by atoms with Crippen LogP contribution < -0.4 is 5.32 Å². The maximum absolute atomic E-state index is 11.4. The molecule has 96 valence electrons. The minimum absolute atomic E-state index is 0.0851. The molecule has 17 heavy (non-hydrogen) atoms. The van der Waals surface area contributed by atoms with Gasteiger partial charge in [-0.2, -0.15) is 0 Å². The predicted octanol–water partition coefficient (Wildman–Crippen LogP) is 1.22. The lowest BCUT2D eigenvalue weighted by molar-refractivity contribution is 0.0354. The van der Waals surface area contributed by atoms with Gasteiger partial charge in [0.2, 0.25) is 0 Å². The minimum Gasteiger partial charge on any atom is -0.383 e. The van der Waals surface area contributed by atoms with Crippen LogP contribution in [0.1, 0.15) is 55.7 Å². The van der Waals surface area contributed by atoms with E-state index in [2.05, 4.69) is 20.3 Å². The first-order valence-electron chi connectivity index (χ1n) is 5.95. The van der Waals surface area contributed by atoms with Gasteiger partial charge in [0.15, 0.2) is 5.69 Å². The van der Waals surface area contributed by atoms with Gasteiger partial charge in [0.1, 0.15) is 11.3 Å². The molecular formula is C11H19N3O3. The lowest BCUT2D eigenvalue weighted by Crippen LogP contribution is -2.28. The standard InChI is InChI=1S/C9H13N3O3.C2H6/c1-10-8(13)6-7(12-15-11-6)9(14)4-2-3-5-9;1-2/h14H,2-5H2,1H3,(H,10,13);1-2H3. The van der Waals surface area contributed by atoms with Crippen LogP contribution in [0.15, 0.2) is 4.63 Å². The summed E-state index contributed by atoms with van der Waals surface area (Å²) in [5.74, 6) is -0.383. The van der Waals surface area contributed by atoms with Gasteiger partial charge in [-0.25, -0.2) is 4.63 Å². The first-order chi connectivity index (χ1) is 8.17. The van der Waals surface area contributed by atoms with Gasteiger partial charge in [0.05, 0.1) is 0 Å². The molecule has 1 aromatic rings. The molecule has 1 aliphatic rings. The van der Waals surface area contributed by atoms with Crippen molar-refractivity contribution in [2.24, 2.45) is 0 Å². The van der Waals surface area contributed by atoms with Crippen molar-refractivity contribution in [3.8, 4) is 0 Å². The first kappa shape index (κ1) is 13.6. The van der Waals surface area contributed by atoms with Crippen LogP contribution in [-0.4, -0.2) is 28.4 Å². The molecule has 1 saturated carbocycles. The van der Waals surface area contributed by atoms with E-state index in [9.17, 15) is 9.90 Å². The normalized spacial score (nSPS) is 17.2. The molecule has 1 aliphatic carbocycles. The van der Waals surface area contributed by atoms with Crippen molar-refractivity contribution in [1.29, 1.82) is 0 Å². The molecule has 0 radical (unpaired) electrons. The van der Waals surface area contributed by atoms with Crippen molar-refractivity contribution in [3.05, 3.63) is 11.4 Å². The Bertz CT molecular complexity index is 370. The van der Waals surface area contributed by atoms with E-state index >= 15 is 0 Å². The van der Waals surface area contributed by atoms with Crippen molar-refractivity contribution >= 4 is 5.91 Å². The summed E-state index contributed by atoms with van der Waals surface area (Å²) in [5.41, 5.74) is -0.691. The summed E-state index contributed by atoms with van der Waals surface area (Å²) in [6.07, 6.45) is 3.06. The molecule has 0 atom stereocenters. The van der Waals surface area contributed by atoms with E-state index in [0.29, 0.717) is 12.8 Å². The van der Waals surface area contributed by atoms with Gasteiger partial charge in [0, 0.05) is 7.05 Å². The predicted molar refractivity (Wildman–Crippen MR) is 61.4 cm³/mol. The number of nitrogens with zero attached hydrogens (tertiary/aromatic N) is 2. The number of nitrogens with one attached hydrogen (secondary N) is 1. The molecule has 0 spiro atoms. The molecule has 1 aromatic heterocycles. The fraction of sp³-hybridized carbons (Fsp3) is 0.727. The lowest BCUT2D eigenvalue weighted by atomic mass is 9.96. The van der Waals surface area contributed by atoms with Crippen molar-refractivity contribution in [2.45, 2.75) is 45.1 Å². The fourth-order valence-corrected chi connectivity index (χ4v) is 1.96. The summed E-state index contributed by atoms with van der Waals surface area (Å²) in [6, 6.07) is 0. The molecule has 1 heterocycles. The smallest absolute Gasteiger partial charge is 0.275 e. The van der Waals surface area contributed by atoms with Crippen molar-refractivity contribution in [3.63, 3.8) is 0 Å². The number of carbonyl (C=O) groups is 1. The highest BCUT2D eigenvalue weighted by Crippen LogP contribution is 2.38. The van der Waals surface area contributed by atoms with E-state index in [-0.39, 0.29) is 17.3 Å². The summed E-state index contributed by atoms with van der Waals surface area (Å²) >= 11 is 0. The molecule has 6 nitrogen and oxygen atoms in total. The first-order valence-corrected chi connectivity index (χ1v) is 5.95. The second-order valence-corrected chi connectivity index (χ2v) is 3.78. The Balaban J connectivity index is 0.000000686. The molecule has 0 aromatic carbocycles. The van der Waals surface area contributed by atoms with Crippen LogP contribution >= 0.6 is 0 Å². The average molecular weight is 241 g/mol. The van der Waals surface area contributed by atoms with Gasteiger partial charge < -0.3 is 10.4 Å². The molecule has 1 amide bonds. The summed E-state index contributed by atoms with van der Waals surface area (Å²) in [5, 5.41) is 19.8. The maximum Gasteiger partial charge on any atom is 0.275 e. The fourth-order valence-electron chi connectivity index (χ4n) is 1.96. The van der Waals surface area contributed by atoms with E-state index < -0.39 is 5.60 Å². The van der Waals surface area contributed by atoms with E-state index in [1.165, 1.54) is 7.05 Å². The summed E-state index contributed by atoms with van der Waals surface area (Å²) in [4.78, 5) is 11.4. The highest BCUT2D eigenvalue weighted by Gasteiger charge is 2.40. The van der Waals surface area contributed by atoms with E-state index in [1.54, 1.807) is 0 Å². The topological polar surface area (TPSA) is 88.3 Å². The summed E-state index contributed by atoms with van der Waals surface area (Å²) in [7, 11) is 1.50. The van der Waals surface area contributed by atoms with Crippen LogP contribution in [0.2, 0.25) is 0 Å². The molecule has 2 N–H and O–H groups in total. The van der Waals surface area contributed by atoms with Gasteiger partial charge in [-0.3, -0.25) is 4.79 Å². The molecule has 2 rings (SSSR count).